The van der Waals surface area contributed by atoms with Gasteiger partial charge in [0.15, 0.2) is 5.78 Å². The van der Waals surface area contributed by atoms with Crippen molar-refractivity contribution >= 4 is 35.0 Å². The Hall–Kier alpha value is -1.78. The minimum atomic E-state index is -0.555. The Kier molecular flexibility index (Phi) is 6.24. The van der Waals surface area contributed by atoms with Crippen LogP contribution in [0.3, 0.4) is 0 Å². The lowest BCUT2D eigenvalue weighted by atomic mass is 9.68. The van der Waals surface area contributed by atoms with Crippen molar-refractivity contribution in [2.75, 3.05) is 0 Å². The first kappa shape index (κ1) is 22.4. The molecule has 1 aromatic carbocycles. The lowest BCUT2D eigenvalue weighted by Crippen LogP contribution is -2.39. The number of Topliss-reactive ketones (excluding diaryl/α,β-unsaturated/α-hetero) is 1. The third kappa shape index (κ3) is 4.56. The maximum Gasteiger partial charge on any atom is 0.337 e. The molecule has 1 aliphatic heterocycles. The van der Waals surface area contributed by atoms with Gasteiger partial charge in [-0.3, -0.25) is 4.79 Å². The number of ether oxygens (including phenoxy) is 1. The van der Waals surface area contributed by atoms with Crippen molar-refractivity contribution in [1.82, 2.24) is 5.32 Å². The maximum absolute atomic E-state index is 13.4. The van der Waals surface area contributed by atoms with Gasteiger partial charge in [-0.2, -0.15) is 0 Å². The predicted octanol–water partition coefficient (Wildman–Crippen LogP) is 6.47. The van der Waals surface area contributed by atoms with E-state index >= 15 is 0 Å². The van der Waals surface area contributed by atoms with Crippen LogP contribution in [0.1, 0.15) is 77.2 Å². The molecule has 1 saturated carbocycles. The largest absolute Gasteiger partial charge is 0.459 e. The van der Waals surface area contributed by atoms with Gasteiger partial charge in [-0.05, 0) is 62.1 Å². The molecule has 0 spiro atoms. The second-order valence-corrected chi connectivity index (χ2v) is 10.6. The van der Waals surface area contributed by atoms with Crippen molar-refractivity contribution in [3.05, 3.63) is 56.3 Å². The number of allylic oxidation sites excluding steroid dienone is 3. The van der Waals surface area contributed by atoms with Crippen LogP contribution >= 0.6 is 23.2 Å². The number of rotatable bonds is 3. The van der Waals surface area contributed by atoms with Crippen LogP contribution in [0.4, 0.5) is 0 Å². The molecule has 0 amide bonds. The van der Waals surface area contributed by atoms with Crippen molar-refractivity contribution in [2.24, 2.45) is 5.41 Å². The summed E-state index contributed by atoms with van der Waals surface area (Å²) in [6, 6.07) is 5.23. The number of benzene rings is 1. The lowest BCUT2D eigenvalue weighted by molar-refractivity contribution is -0.146. The smallest absolute Gasteiger partial charge is 0.337 e. The van der Waals surface area contributed by atoms with Crippen molar-refractivity contribution in [1.29, 1.82) is 0 Å². The maximum atomic E-state index is 13.4. The number of nitrogens with one attached hydrogen (secondary N) is 1. The van der Waals surface area contributed by atoms with E-state index in [1.54, 1.807) is 12.1 Å². The van der Waals surface area contributed by atoms with E-state index < -0.39 is 5.92 Å². The Bertz CT molecular complexity index is 986. The normalized spacial score (nSPS) is 24.0. The summed E-state index contributed by atoms with van der Waals surface area (Å²) in [7, 11) is 0. The Labute approximate surface area is 194 Å². The number of dihydropyridines is 1. The molecule has 0 bridgehead atoms. The van der Waals surface area contributed by atoms with Crippen LogP contribution < -0.4 is 5.32 Å². The van der Waals surface area contributed by atoms with Gasteiger partial charge < -0.3 is 10.1 Å². The molecule has 1 N–H and O–H groups in total. The fourth-order valence-electron chi connectivity index (χ4n) is 5.15. The highest BCUT2D eigenvalue weighted by Crippen LogP contribution is 2.48. The van der Waals surface area contributed by atoms with Crippen molar-refractivity contribution in [3.8, 4) is 0 Å². The highest BCUT2D eigenvalue weighted by molar-refractivity contribution is 6.35. The van der Waals surface area contributed by atoms with Crippen LogP contribution in [0, 0.1) is 5.41 Å². The average molecular weight is 462 g/mol. The number of esters is 1. The zero-order valence-electron chi connectivity index (χ0n) is 18.3. The summed E-state index contributed by atoms with van der Waals surface area (Å²) in [4.78, 5) is 26.8. The molecule has 1 atom stereocenters. The molecule has 3 aliphatic rings. The second kappa shape index (κ2) is 8.63. The molecule has 6 heteroatoms. The third-order valence-electron chi connectivity index (χ3n) is 6.56. The Morgan fingerprint density at radius 1 is 1.13 bits per heavy atom. The van der Waals surface area contributed by atoms with E-state index in [1.807, 2.05) is 13.0 Å². The summed E-state index contributed by atoms with van der Waals surface area (Å²) >= 11 is 12.7. The summed E-state index contributed by atoms with van der Waals surface area (Å²) in [6.07, 6.45) is 6.20. The molecule has 0 aromatic heterocycles. The first-order valence-electron chi connectivity index (χ1n) is 11.1. The van der Waals surface area contributed by atoms with Crippen molar-refractivity contribution in [3.63, 3.8) is 0 Å². The molecule has 31 heavy (non-hydrogen) atoms. The number of hydrogen-bond donors (Lipinski definition) is 1. The van der Waals surface area contributed by atoms with Gasteiger partial charge in [0.05, 0.1) is 5.57 Å². The van der Waals surface area contributed by atoms with Gasteiger partial charge in [0.2, 0.25) is 0 Å². The predicted molar refractivity (Wildman–Crippen MR) is 123 cm³/mol. The van der Waals surface area contributed by atoms with Crippen LogP contribution in [0.5, 0.6) is 0 Å². The van der Waals surface area contributed by atoms with E-state index in [1.165, 1.54) is 6.42 Å². The standard InChI is InChI=1S/C25H29Cl2NO3/c1-14-21(24(30)31-16-7-5-4-6-8-16)22(17-10-9-15(26)11-18(17)27)23-19(28-14)12-25(2,3)13-20(23)29/h9-11,16,22,28H,4-8,12-13H2,1-3H3/t22-/m0/s1. The SMILES string of the molecule is CC1=C(C(=O)OC2CCCCC2)[C@H](c2ccc(Cl)cc2Cl)C2=C(CC(C)(C)CC2=O)N1. The fourth-order valence-corrected chi connectivity index (χ4v) is 5.67. The fraction of sp³-hybridized carbons (Fsp3) is 0.520. The molecule has 1 heterocycles. The lowest BCUT2D eigenvalue weighted by Gasteiger charge is -2.40. The Balaban J connectivity index is 1.79. The molecule has 0 radical (unpaired) electrons. The van der Waals surface area contributed by atoms with Crippen LogP contribution in [0.15, 0.2) is 40.7 Å². The van der Waals surface area contributed by atoms with E-state index in [-0.39, 0.29) is 23.3 Å². The number of halogens is 2. The van der Waals surface area contributed by atoms with Crippen LogP contribution in [-0.4, -0.2) is 17.9 Å². The molecular formula is C25H29Cl2NO3. The minimum absolute atomic E-state index is 0.0465. The molecular weight excluding hydrogens is 433 g/mol. The Morgan fingerprint density at radius 3 is 2.52 bits per heavy atom. The summed E-state index contributed by atoms with van der Waals surface area (Å²) in [5.41, 5.74) is 3.27. The number of ketones is 1. The van der Waals surface area contributed by atoms with E-state index in [2.05, 4.69) is 19.2 Å². The molecule has 0 unspecified atom stereocenters. The minimum Gasteiger partial charge on any atom is -0.459 e. The molecule has 4 nitrogen and oxygen atoms in total. The van der Waals surface area contributed by atoms with E-state index in [0.717, 1.165) is 43.5 Å². The second-order valence-electron chi connectivity index (χ2n) is 9.76. The van der Waals surface area contributed by atoms with E-state index in [4.69, 9.17) is 27.9 Å². The van der Waals surface area contributed by atoms with Gasteiger partial charge in [0.25, 0.3) is 0 Å². The van der Waals surface area contributed by atoms with Gasteiger partial charge in [-0.25, -0.2) is 4.79 Å². The summed E-state index contributed by atoms with van der Waals surface area (Å²) in [6.45, 7) is 6.06. The molecule has 2 aliphatic carbocycles. The van der Waals surface area contributed by atoms with Crippen LogP contribution in [0.2, 0.25) is 10.0 Å². The average Bonchev–Trinajstić information content (AvgIpc) is 2.66. The zero-order valence-corrected chi connectivity index (χ0v) is 19.8. The monoisotopic (exact) mass is 461 g/mol. The third-order valence-corrected chi connectivity index (χ3v) is 7.12. The van der Waals surface area contributed by atoms with E-state index in [0.29, 0.717) is 33.2 Å². The molecule has 1 fully saturated rings. The molecule has 4 rings (SSSR count). The highest BCUT2D eigenvalue weighted by Gasteiger charge is 2.44. The Morgan fingerprint density at radius 2 is 1.84 bits per heavy atom. The number of carbonyl (C=O) groups is 2. The first-order chi connectivity index (χ1) is 14.7. The van der Waals surface area contributed by atoms with Gasteiger partial charge in [-0.15, -0.1) is 0 Å². The quantitative estimate of drug-likeness (QED) is 0.523. The van der Waals surface area contributed by atoms with Gasteiger partial charge in [-0.1, -0.05) is 49.5 Å². The highest BCUT2D eigenvalue weighted by atomic mass is 35.5. The number of carbonyl (C=O) groups excluding carboxylic acids is 2. The molecule has 0 saturated heterocycles. The molecule has 1 aromatic rings. The van der Waals surface area contributed by atoms with Gasteiger partial charge in [0.1, 0.15) is 6.10 Å². The topological polar surface area (TPSA) is 55.4 Å². The van der Waals surface area contributed by atoms with Crippen molar-refractivity contribution < 1.29 is 14.3 Å². The van der Waals surface area contributed by atoms with Crippen LogP contribution in [0.25, 0.3) is 0 Å². The summed E-state index contributed by atoms with van der Waals surface area (Å²) < 4.78 is 5.93. The first-order valence-corrected chi connectivity index (χ1v) is 11.8. The summed E-state index contributed by atoms with van der Waals surface area (Å²) in [5, 5.41) is 4.33. The van der Waals surface area contributed by atoms with Crippen molar-refractivity contribution in [2.45, 2.75) is 77.7 Å². The van der Waals surface area contributed by atoms with E-state index in [9.17, 15) is 9.59 Å². The van der Waals surface area contributed by atoms with Gasteiger partial charge in [0, 0.05) is 39.4 Å². The zero-order chi connectivity index (χ0) is 22.3. The molecule has 166 valence electrons. The van der Waals surface area contributed by atoms with Crippen LogP contribution in [-0.2, 0) is 14.3 Å². The number of hydrogen-bond acceptors (Lipinski definition) is 4. The summed E-state index contributed by atoms with van der Waals surface area (Å²) in [5.74, 6) is -0.872. The van der Waals surface area contributed by atoms with Gasteiger partial charge >= 0.3 is 5.97 Å².